The Morgan fingerprint density at radius 2 is 2.21 bits per heavy atom. The fourth-order valence-electron chi connectivity index (χ4n) is 1.72. The molecule has 0 saturated carbocycles. The molecule has 0 bridgehead atoms. The predicted molar refractivity (Wildman–Crippen MR) is 69.0 cm³/mol. The van der Waals surface area contributed by atoms with Gasteiger partial charge in [-0.3, -0.25) is 0 Å². The quantitative estimate of drug-likeness (QED) is 0.663. The molecule has 1 atom stereocenters. The highest BCUT2D eigenvalue weighted by atomic mass is 79.9. The average molecular weight is 275 g/mol. The molecule has 1 aromatic heterocycles. The zero-order chi connectivity index (χ0) is 10.4. The molecule has 1 heterocycles. The van der Waals surface area contributed by atoms with Crippen molar-refractivity contribution in [1.29, 1.82) is 0 Å². The van der Waals surface area contributed by atoms with Crippen molar-refractivity contribution in [3.63, 3.8) is 0 Å². The van der Waals surface area contributed by atoms with Gasteiger partial charge in [-0.2, -0.15) is 0 Å². The number of unbranched alkanes of at least 4 members (excludes halogenated alkanes) is 1. The first kappa shape index (κ1) is 12.3. The molecule has 0 nitrogen and oxygen atoms in total. The summed E-state index contributed by atoms with van der Waals surface area (Å²) < 4.78 is 1.33. The zero-order valence-electron chi connectivity index (χ0n) is 9.05. The van der Waals surface area contributed by atoms with Crippen LogP contribution in [0.1, 0.15) is 45.1 Å². The third kappa shape index (κ3) is 3.74. The molecule has 0 saturated heterocycles. The summed E-state index contributed by atoms with van der Waals surface area (Å²) in [6.45, 7) is 4.58. The molecule has 0 aromatic carbocycles. The highest BCUT2D eigenvalue weighted by molar-refractivity contribution is 9.11. The van der Waals surface area contributed by atoms with E-state index in [0.717, 1.165) is 5.92 Å². The maximum Gasteiger partial charge on any atom is 0.0730 e. The predicted octanol–water partition coefficient (Wildman–Crippen LogP) is 5.27. The fourth-order valence-corrected chi connectivity index (χ4v) is 2.99. The van der Waals surface area contributed by atoms with Gasteiger partial charge in [0.05, 0.1) is 3.79 Å². The minimum Gasteiger partial charge on any atom is -0.137 e. The number of halogens is 1. The Morgan fingerprint density at radius 3 is 2.71 bits per heavy atom. The Labute approximate surface area is 99.9 Å². The van der Waals surface area contributed by atoms with Crippen molar-refractivity contribution in [1.82, 2.24) is 0 Å². The summed E-state index contributed by atoms with van der Waals surface area (Å²) in [6, 6.07) is 2.25. The largest absolute Gasteiger partial charge is 0.137 e. The summed E-state index contributed by atoms with van der Waals surface area (Å²) in [4.78, 5) is 0. The molecule has 0 N–H and O–H groups in total. The highest BCUT2D eigenvalue weighted by Crippen LogP contribution is 2.28. The molecule has 0 unspecified atom stereocenters. The van der Waals surface area contributed by atoms with Crippen molar-refractivity contribution in [2.45, 2.75) is 46.0 Å². The van der Waals surface area contributed by atoms with E-state index in [-0.39, 0.29) is 0 Å². The molecular weight excluding hydrogens is 256 g/mol. The molecule has 0 radical (unpaired) electrons. The van der Waals surface area contributed by atoms with E-state index in [9.17, 15) is 0 Å². The maximum absolute atomic E-state index is 3.61. The Morgan fingerprint density at radius 1 is 1.43 bits per heavy atom. The first-order valence-electron chi connectivity index (χ1n) is 5.49. The van der Waals surface area contributed by atoms with E-state index in [4.69, 9.17) is 0 Å². The Bertz CT molecular complexity index is 255. The summed E-state index contributed by atoms with van der Waals surface area (Å²) >= 11 is 5.41. The number of hydrogen-bond donors (Lipinski definition) is 0. The van der Waals surface area contributed by atoms with Gasteiger partial charge in [-0.05, 0) is 45.3 Å². The lowest BCUT2D eigenvalue weighted by Crippen LogP contribution is -2.02. The van der Waals surface area contributed by atoms with Crippen LogP contribution in [0.5, 0.6) is 0 Å². The lowest BCUT2D eigenvalue weighted by molar-refractivity contribution is 0.449. The van der Waals surface area contributed by atoms with Crippen LogP contribution >= 0.6 is 27.3 Å². The highest BCUT2D eigenvalue weighted by Gasteiger charge is 2.09. The van der Waals surface area contributed by atoms with Gasteiger partial charge in [0, 0.05) is 0 Å². The van der Waals surface area contributed by atoms with Crippen LogP contribution in [0.3, 0.4) is 0 Å². The molecule has 0 spiro atoms. The molecule has 0 aliphatic rings. The van der Waals surface area contributed by atoms with Crippen LogP contribution in [0.2, 0.25) is 0 Å². The maximum atomic E-state index is 3.61. The SMILES string of the molecule is CCCC[C@H](CC)Cc1ccsc1Br. The lowest BCUT2D eigenvalue weighted by Gasteiger charge is -2.13. The molecule has 0 aliphatic heterocycles. The number of thiophene rings is 1. The van der Waals surface area contributed by atoms with Crippen LogP contribution in [0.4, 0.5) is 0 Å². The van der Waals surface area contributed by atoms with Crippen molar-refractivity contribution >= 4 is 27.3 Å². The van der Waals surface area contributed by atoms with Gasteiger partial charge in [0.1, 0.15) is 0 Å². The van der Waals surface area contributed by atoms with Gasteiger partial charge < -0.3 is 0 Å². The van der Waals surface area contributed by atoms with E-state index in [1.54, 1.807) is 11.3 Å². The molecule has 0 amide bonds. The van der Waals surface area contributed by atoms with Crippen molar-refractivity contribution in [3.05, 3.63) is 20.8 Å². The smallest absolute Gasteiger partial charge is 0.0730 e. The molecule has 1 rings (SSSR count). The van der Waals surface area contributed by atoms with Gasteiger partial charge in [0.25, 0.3) is 0 Å². The molecule has 0 fully saturated rings. The zero-order valence-corrected chi connectivity index (χ0v) is 11.5. The van der Waals surface area contributed by atoms with Gasteiger partial charge in [-0.1, -0.05) is 39.5 Å². The standard InChI is InChI=1S/C12H19BrS/c1-3-5-6-10(4-2)9-11-7-8-14-12(11)13/h7-8,10H,3-6,9H2,1-2H3/t10-/m0/s1. The van der Waals surface area contributed by atoms with Crippen LogP contribution < -0.4 is 0 Å². The van der Waals surface area contributed by atoms with Gasteiger partial charge in [-0.15, -0.1) is 11.3 Å². The first-order chi connectivity index (χ1) is 6.77. The van der Waals surface area contributed by atoms with Crippen LogP contribution in [-0.4, -0.2) is 0 Å². The molecule has 14 heavy (non-hydrogen) atoms. The van der Waals surface area contributed by atoms with Gasteiger partial charge >= 0.3 is 0 Å². The van der Waals surface area contributed by atoms with Crippen LogP contribution in [0.15, 0.2) is 15.2 Å². The van der Waals surface area contributed by atoms with Gasteiger partial charge in [-0.25, -0.2) is 0 Å². The van der Waals surface area contributed by atoms with Crippen LogP contribution in [0.25, 0.3) is 0 Å². The topological polar surface area (TPSA) is 0 Å². The van der Waals surface area contributed by atoms with Crippen molar-refractivity contribution in [2.75, 3.05) is 0 Å². The van der Waals surface area contributed by atoms with Crippen molar-refractivity contribution < 1.29 is 0 Å². The summed E-state index contributed by atoms with van der Waals surface area (Å²) in [5.41, 5.74) is 1.50. The van der Waals surface area contributed by atoms with Crippen molar-refractivity contribution in [2.24, 2.45) is 5.92 Å². The third-order valence-corrected chi connectivity index (χ3v) is 4.56. The summed E-state index contributed by atoms with van der Waals surface area (Å²) in [5.74, 6) is 0.876. The lowest BCUT2D eigenvalue weighted by atomic mass is 9.93. The minimum atomic E-state index is 0.876. The van der Waals surface area contributed by atoms with Crippen molar-refractivity contribution in [3.8, 4) is 0 Å². The molecular formula is C12H19BrS. The molecule has 80 valence electrons. The molecule has 1 aromatic rings. The Hall–Kier alpha value is 0.180. The summed E-state index contributed by atoms with van der Waals surface area (Å²) in [5, 5.41) is 2.17. The molecule has 2 heteroatoms. The average Bonchev–Trinajstić information content (AvgIpc) is 2.59. The van der Waals surface area contributed by atoms with Crippen LogP contribution in [-0.2, 0) is 6.42 Å². The fraction of sp³-hybridized carbons (Fsp3) is 0.667. The first-order valence-corrected chi connectivity index (χ1v) is 7.17. The van der Waals surface area contributed by atoms with Gasteiger partial charge in [0.2, 0.25) is 0 Å². The number of rotatable bonds is 6. The Kier molecular flexibility index (Phi) is 5.80. The van der Waals surface area contributed by atoms with Crippen LogP contribution in [0, 0.1) is 5.92 Å². The van der Waals surface area contributed by atoms with E-state index < -0.39 is 0 Å². The second-order valence-corrected chi connectivity index (χ2v) is 6.07. The number of hydrogen-bond acceptors (Lipinski definition) is 1. The second-order valence-electron chi connectivity index (χ2n) is 3.84. The van der Waals surface area contributed by atoms with E-state index in [1.165, 1.54) is 41.5 Å². The second kappa shape index (κ2) is 6.62. The Balaban J connectivity index is 2.44. The van der Waals surface area contributed by atoms with E-state index in [1.807, 2.05) is 0 Å². The van der Waals surface area contributed by atoms with E-state index in [2.05, 4.69) is 41.2 Å². The van der Waals surface area contributed by atoms with Gasteiger partial charge in [0.15, 0.2) is 0 Å². The minimum absolute atomic E-state index is 0.876. The normalized spacial score (nSPS) is 13.1. The monoisotopic (exact) mass is 274 g/mol. The summed E-state index contributed by atoms with van der Waals surface area (Å²) in [7, 11) is 0. The van der Waals surface area contributed by atoms with E-state index in [0.29, 0.717) is 0 Å². The summed E-state index contributed by atoms with van der Waals surface area (Å²) in [6.07, 6.45) is 6.64. The molecule has 0 aliphatic carbocycles. The third-order valence-electron chi connectivity index (χ3n) is 2.75. The van der Waals surface area contributed by atoms with E-state index >= 15 is 0 Å².